The van der Waals surface area contributed by atoms with Gasteiger partial charge >= 0.3 is 0 Å². The Hall–Kier alpha value is -6.12. The molecule has 0 saturated carbocycles. The van der Waals surface area contributed by atoms with E-state index in [4.69, 9.17) is 0 Å². The van der Waals surface area contributed by atoms with Crippen LogP contribution in [0, 0.1) is 0 Å². The van der Waals surface area contributed by atoms with Gasteiger partial charge in [-0.15, -0.1) is 0 Å². The molecule has 10 aromatic rings. The molecule has 0 unspecified atom stereocenters. The molecule has 0 radical (unpaired) electrons. The van der Waals surface area contributed by atoms with Crippen LogP contribution in [-0.2, 0) is 0 Å². The Balaban J connectivity index is 1.28. The molecule has 0 N–H and O–H groups in total. The molecule has 0 spiro atoms. The van der Waals surface area contributed by atoms with Crippen LogP contribution in [0.4, 0.5) is 0 Å². The molecule has 2 nitrogen and oxygen atoms in total. The number of nitrogens with zero attached hydrogens (tertiary/aromatic N) is 2. The Morgan fingerprint density at radius 3 is 1.54 bits per heavy atom. The van der Waals surface area contributed by atoms with Crippen molar-refractivity contribution in [3.8, 4) is 22.5 Å². The Labute approximate surface area is 266 Å². The number of hydrogen-bond donors (Lipinski definition) is 0. The maximum absolute atomic E-state index is 2.45. The number of fused-ring (bicyclic) bond motifs is 10. The van der Waals surface area contributed by atoms with Gasteiger partial charge in [-0.2, -0.15) is 0 Å². The Morgan fingerprint density at radius 1 is 0.283 bits per heavy atom. The third-order valence-corrected chi connectivity index (χ3v) is 9.67. The van der Waals surface area contributed by atoms with E-state index in [1.807, 2.05) is 0 Å². The SMILES string of the molecule is c1ccc(-c2cccc(-n3c4ccccc4c4c5c6ccccc6n(-c6ccc7c(ccc8ccccc87)c6)c5ccc43)c2)cc1. The highest BCUT2D eigenvalue weighted by atomic mass is 15.0. The van der Waals surface area contributed by atoms with E-state index in [0.717, 1.165) is 5.69 Å². The Bertz CT molecular complexity index is 2800. The maximum Gasteiger partial charge on any atom is 0.0548 e. The Morgan fingerprint density at radius 2 is 0.826 bits per heavy atom. The molecule has 46 heavy (non-hydrogen) atoms. The fourth-order valence-corrected chi connectivity index (χ4v) is 7.67. The first-order valence-electron chi connectivity index (χ1n) is 15.9. The molecule has 214 valence electrons. The molecule has 0 aliphatic rings. The number of hydrogen-bond acceptors (Lipinski definition) is 0. The molecule has 0 amide bonds. The zero-order chi connectivity index (χ0) is 30.2. The first kappa shape index (κ1) is 25.2. The summed E-state index contributed by atoms with van der Waals surface area (Å²) in [6, 6.07) is 61.9. The van der Waals surface area contributed by atoms with E-state index in [9.17, 15) is 0 Å². The predicted octanol–water partition coefficient (Wildman–Crippen LogP) is 11.9. The highest BCUT2D eigenvalue weighted by Gasteiger charge is 2.20. The van der Waals surface area contributed by atoms with Crippen LogP contribution in [0.3, 0.4) is 0 Å². The van der Waals surface area contributed by atoms with Crippen LogP contribution in [-0.4, -0.2) is 9.13 Å². The van der Waals surface area contributed by atoms with E-state index in [0.29, 0.717) is 0 Å². The van der Waals surface area contributed by atoms with Crippen LogP contribution in [0.15, 0.2) is 170 Å². The predicted molar refractivity (Wildman–Crippen MR) is 196 cm³/mol. The van der Waals surface area contributed by atoms with Crippen molar-refractivity contribution >= 4 is 65.2 Å². The van der Waals surface area contributed by atoms with E-state index < -0.39 is 0 Å². The van der Waals surface area contributed by atoms with Crippen molar-refractivity contribution in [3.63, 3.8) is 0 Å². The van der Waals surface area contributed by atoms with Crippen molar-refractivity contribution in [2.24, 2.45) is 0 Å². The van der Waals surface area contributed by atoms with E-state index in [-0.39, 0.29) is 0 Å². The molecule has 2 heteroatoms. The second kappa shape index (κ2) is 9.69. The maximum atomic E-state index is 2.45. The van der Waals surface area contributed by atoms with E-state index in [1.165, 1.54) is 82.0 Å². The van der Waals surface area contributed by atoms with Crippen LogP contribution >= 0.6 is 0 Å². The first-order valence-corrected chi connectivity index (χ1v) is 15.9. The fourth-order valence-electron chi connectivity index (χ4n) is 7.67. The number of rotatable bonds is 3. The van der Waals surface area contributed by atoms with Gasteiger partial charge in [-0.25, -0.2) is 0 Å². The molecular formula is C44H28N2. The van der Waals surface area contributed by atoms with Crippen LogP contribution < -0.4 is 0 Å². The highest BCUT2D eigenvalue weighted by molar-refractivity contribution is 6.29. The monoisotopic (exact) mass is 584 g/mol. The number of aromatic nitrogens is 2. The van der Waals surface area contributed by atoms with Crippen molar-refractivity contribution in [2.45, 2.75) is 0 Å². The first-order chi connectivity index (χ1) is 22.8. The minimum atomic E-state index is 1.16. The standard InChI is InChI=1S/C44H28N2/c1-2-11-29(12-3-1)31-14-10-15-33(27-31)45-39-19-8-6-17-37(39)43-41(45)25-26-42-44(43)38-18-7-9-20-40(38)46(42)34-23-24-36-32(28-34)22-21-30-13-4-5-16-35(30)36/h1-28H. The summed E-state index contributed by atoms with van der Waals surface area (Å²) >= 11 is 0. The van der Waals surface area contributed by atoms with Gasteiger partial charge in [0.1, 0.15) is 0 Å². The van der Waals surface area contributed by atoms with Gasteiger partial charge in [-0.1, -0.05) is 121 Å². The van der Waals surface area contributed by atoms with Gasteiger partial charge in [0, 0.05) is 32.9 Å². The molecule has 2 heterocycles. The Kier molecular flexibility index (Phi) is 5.31. The van der Waals surface area contributed by atoms with Crippen LogP contribution in [0.2, 0.25) is 0 Å². The van der Waals surface area contributed by atoms with Gasteiger partial charge in [-0.05, 0) is 81.2 Å². The molecule has 8 aromatic carbocycles. The molecular weight excluding hydrogens is 556 g/mol. The molecule has 0 aliphatic carbocycles. The average Bonchev–Trinajstić information content (AvgIpc) is 3.64. The zero-order valence-electron chi connectivity index (χ0n) is 25.1. The van der Waals surface area contributed by atoms with E-state index in [1.54, 1.807) is 0 Å². The average molecular weight is 585 g/mol. The summed E-state index contributed by atoms with van der Waals surface area (Å²) in [6.45, 7) is 0. The second-order valence-electron chi connectivity index (χ2n) is 12.2. The summed E-state index contributed by atoms with van der Waals surface area (Å²) < 4.78 is 4.88. The largest absolute Gasteiger partial charge is 0.309 e. The number of para-hydroxylation sites is 2. The number of benzene rings is 8. The molecule has 0 atom stereocenters. The van der Waals surface area contributed by atoms with Crippen LogP contribution in [0.1, 0.15) is 0 Å². The summed E-state index contributed by atoms with van der Waals surface area (Å²) in [4.78, 5) is 0. The van der Waals surface area contributed by atoms with Crippen LogP contribution in [0.5, 0.6) is 0 Å². The van der Waals surface area contributed by atoms with Gasteiger partial charge in [0.05, 0.1) is 22.1 Å². The van der Waals surface area contributed by atoms with Crippen molar-refractivity contribution < 1.29 is 0 Å². The van der Waals surface area contributed by atoms with Gasteiger partial charge in [-0.3, -0.25) is 0 Å². The molecule has 2 aromatic heterocycles. The van der Waals surface area contributed by atoms with E-state index in [2.05, 4.69) is 179 Å². The smallest absolute Gasteiger partial charge is 0.0548 e. The fraction of sp³-hybridized carbons (Fsp3) is 0. The zero-order valence-corrected chi connectivity index (χ0v) is 25.1. The van der Waals surface area contributed by atoms with E-state index >= 15 is 0 Å². The molecule has 10 rings (SSSR count). The van der Waals surface area contributed by atoms with Gasteiger partial charge in [0.15, 0.2) is 0 Å². The summed E-state index contributed by atoms with van der Waals surface area (Å²) in [5, 5.41) is 10.2. The van der Waals surface area contributed by atoms with Gasteiger partial charge < -0.3 is 9.13 Å². The minimum Gasteiger partial charge on any atom is -0.309 e. The summed E-state index contributed by atoms with van der Waals surface area (Å²) in [6.07, 6.45) is 0. The minimum absolute atomic E-state index is 1.16. The summed E-state index contributed by atoms with van der Waals surface area (Å²) in [5.74, 6) is 0. The lowest BCUT2D eigenvalue weighted by Crippen LogP contribution is -1.95. The van der Waals surface area contributed by atoms with Crippen LogP contribution in [0.25, 0.3) is 87.7 Å². The van der Waals surface area contributed by atoms with Crippen molar-refractivity contribution in [2.75, 3.05) is 0 Å². The van der Waals surface area contributed by atoms with Gasteiger partial charge in [0.2, 0.25) is 0 Å². The third-order valence-electron chi connectivity index (χ3n) is 9.67. The normalized spacial score (nSPS) is 11.9. The van der Waals surface area contributed by atoms with Crippen molar-refractivity contribution in [3.05, 3.63) is 170 Å². The van der Waals surface area contributed by atoms with Gasteiger partial charge in [0.25, 0.3) is 0 Å². The third kappa shape index (κ3) is 3.59. The molecule has 0 bridgehead atoms. The molecule has 0 aliphatic heterocycles. The lowest BCUT2D eigenvalue weighted by Gasteiger charge is -2.12. The molecule has 0 fully saturated rings. The van der Waals surface area contributed by atoms with Crippen molar-refractivity contribution in [1.29, 1.82) is 0 Å². The highest BCUT2D eigenvalue weighted by Crippen LogP contribution is 2.43. The second-order valence-corrected chi connectivity index (χ2v) is 12.2. The topological polar surface area (TPSA) is 9.86 Å². The quantitative estimate of drug-likeness (QED) is 0.183. The lowest BCUT2D eigenvalue weighted by atomic mass is 10.0. The van der Waals surface area contributed by atoms with Crippen molar-refractivity contribution in [1.82, 2.24) is 9.13 Å². The molecule has 0 saturated heterocycles. The summed E-state index contributed by atoms with van der Waals surface area (Å²) in [7, 11) is 0. The lowest BCUT2D eigenvalue weighted by molar-refractivity contribution is 1.17. The summed E-state index contributed by atoms with van der Waals surface area (Å²) in [5.41, 5.74) is 9.63.